The monoisotopic (exact) mass is 302 g/mol. The second kappa shape index (κ2) is 7.19. The molecule has 122 valence electrons. The van der Waals surface area contributed by atoms with E-state index in [1.807, 2.05) is 0 Å². The third kappa shape index (κ3) is 3.94. The SMILES string of the molecule is CCCCCCC(B1OC(C)(C)C(C)(C)O1)c1ccccc1. The van der Waals surface area contributed by atoms with Gasteiger partial charge in [-0.05, 0) is 39.7 Å². The van der Waals surface area contributed by atoms with Crippen molar-refractivity contribution in [1.29, 1.82) is 0 Å². The minimum absolute atomic E-state index is 0.144. The van der Waals surface area contributed by atoms with Gasteiger partial charge in [0.25, 0.3) is 0 Å². The highest BCUT2D eigenvalue weighted by Crippen LogP contribution is 2.42. The van der Waals surface area contributed by atoms with Gasteiger partial charge in [0.15, 0.2) is 0 Å². The summed E-state index contributed by atoms with van der Waals surface area (Å²) in [4.78, 5) is 0. The number of unbranched alkanes of at least 4 members (excludes halogenated alkanes) is 3. The summed E-state index contributed by atoms with van der Waals surface area (Å²) in [7, 11) is -0.144. The standard InChI is InChI=1S/C19H31BO2/c1-6-7-8-12-15-17(16-13-10-9-11-14-16)20-21-18(2,3)19(4,5)22-20/h9-11,13-14,17H,6-8,12,15H2,1-5H3. The van der Waals surface area contributed by atoms with Crippen molar-refractivity contribution in [3.05, 3.63) is 35.9 Å². The van der Waals surface area contributed by atoms with Crippen LogP contribution in [0.15, 0.2) is 30.3 Å². The quantitative estimate of drug-likeness (QED) is 0.498. The fourth-order valence-electron chi connectivity index (χ4n) is 3.00. The van der Waals surface area contributed by atoms with Crippen LogP contribution in [0, 0.1) is 0 Å². The van der Waals surface area contributed by atoms with Crippen molar-refractivity contribution >= 4 is 7.12 Å². The van der Waals surface area contributed by atoms with Gasteiger partial charge in [-0.2, -0.15) is 0 Å². The Morgan fingerprint density at radius 3 is 2.05 bits per heavy atom. The lowest BCUT2D eigenvalue weighted by Gasteiger charge is -2.32. The molecule has 0 aliphatic carbocycles. The molecule has 1 unspecified atom stereocenters. The summed E-state index contributed by atoms with van der Waals surface area (Å²) in [5, 5.41) is 0. The molecule has 1 aromatic rings. The predicted octanol–water partition coefficient (Wildman–Crippen LogP) is 5.37. The second-order valence-corrected chi connectivity index (χ2v) is 7.49. The maximum Gasteiger partial charge on any atom is 0.465 e. The average molecular weight is 302 g/mol. The molecule has 0 radical (unpaired) electrons. The van der Waals surface area contributed by atoms with Crippen molar-refractivity contribution in [3.8, 4) is 0 Å². The van der Waals surface area contributed by atoms with Crippen molar-refractivity contribution in [2.24, 2.45) is 0 Å². The minimum Gasteiger partial charge on any atom is -0.403 e. The molecule has 22 heavy (non-hydrogen) atoms. The molecule has 1 aliphatic rings. The number of hydrogen-bond donors (Lipinski definition) is 0. The molecule has 3 heteroatoms. The topological polar surface area (TPSA) is 18.5 Å². The molecule has 2 nitrogen and oxygen atoms in total. The Morgan fingerprint density at radius 2 is 1.50 bits per heavy atom. The summed E-state index contributed by atoms with van der Waals surface area (Å²) in [6.07, 6.45) is 6.23. The maximum atomic E-state index is 6.32. The Hall–Kier alpha value is -0.795. The molecular weight excluding hydrogens is 271 g/mol. The Bertz CT molecular complexity index is 440. The van der Waals surface area contributed by atoms with E-state index in [1.165, 1.54) is 31.2 Å². The largest absolute Gasteiger partial charge is 0.465 e. The first kappa shape index (κ1) is 17.6. The van der Waals surface area contributed by atoms with Crippen LogP contribution in [-0.2, 0) is 9.31 Å². The van der Waals surface area contributed by atoms with Crippen LogP contribution in [0.5, 0.6) is 0 Å². The third-order valence-corrected chi connectivity index (χ3v) is 5.20. The van der Waals surface area contributed by atoms with E-state index in [-0.39, 0.29) is 18.3 Å². The van der Waals surface area contributed by atoms with Crippen LogP contribution in [0.25, 0.3) is 0 Å². The molecule has 1 fully saturated rings. The van der Waals surface area contributed by atoms with Crippen LogP contribution in [0.4, 0.5) is 0 Å². The molecule has 0 saturated carbocycles. The van der Waals surface area contributed by atoms with Crippen LogP contribution >= 0.6 is 0 Å². The Balaban J connectivity index is 2.12. The van der Waals surface area contributed by atoms with Crippen LogP contribution in [0.1, 0.15) is 78.1 Å². The molecule has 0 bridgehead atoms. The van der Waals surface area contributed by atoms with Crippen LogP contribution in [0.3, 0.4) is 0 Å². The van der Waals surface area contributed by atoms with E-state index >= 15 is 0 Å². The van der Waals surface area contributed by atoms with E-state index in [9.17, 15) is 0 Å². The fraction of sp³-hybridized carbons (Fsp3) is 0.684. The number of rotatable bonds is 7. The Kier molecular flexibility index (Phi) is 5.73. The lowest BCUT2D eigenvalue weighted by Crippen LogP contribution is -2.41. The smallest absolute Gasteiger partial charge is 0.403 e. The van der Waals surface area contributed by atoms with Gasteiger partial charge in [-0.3, -0.25) is 0 Å². The minimum atomic E-state index is -0.256. The van der Waals surface area contributed by atoms with Crippen molar-refractivity contribution in [2.75, 3.05) is 0 Å². The van der Waals surface area contributed by atoms with E-state index in [0.29, 0.717) is 5.82 Å². The zero-order chi connectivity index (χ0) is 16.2. The van der Waals surface area contributed by atoms with E-state index in [2.05, 4.69) is 65.0 Å². The molecule has 0 amide bonds. The van der Waals surface area contributed by atoms with Gasteiger partial charge in [0.05, 0.1) is 11.2 Å². The third-order valence-electron chi connectivity index (χ3n) is 5.20. The molecule has 1 atom stereocenters. The molecule has 1 saturated heterocycles. The molecule has 2 rings (SSSR count). The van der Waals surface area contributed by atoms with Crippen LogP contribution < -0.4 is 0 Å². The molecule has 0 aromatic heterocycles. The summed E-state index contributed by atoms with van der Waals surface area (Å²) in [5.41, 5.74) is 0.819. The van der Waals surface area contributed by atoms with Gasteiger partial charge in [0, 0.05) is 5.82 Å². The van der Waals surface area contributed by atoms with Gasteiger partial charge in [-0.1, -0.05) is 62.9 Å². The second-order valence-electron chi connectivity index (χ2n) is 7.49. The van der Waals surface area contributed by atoms with E-state index < -0.39 is 0 Å². The maximum absolute atomic E-state index is 6.32. The lowest BCUT2D eigenvalue weighted by molar-refractivity contribution is 0.00578. The first-order chi connectivity index (χ1) is 10.4. The molecule has 1 heterocycles. The Morgan fingerprint density at radius 1 is 0.909 bits per heavy atom. The molecule has 1 aromatic carbocycles. The first-order valence-corrected chi connectivity index (χ1v) is 8.78. The zero-order valence-electron chi connectivity index (χ0n) is 14.9. The van der Waals surface area contributed by atoms with Gasteiger partial charge in [0.2, 0.25) is 0 Å². The summed E-state index contributed by atoms with van der Waals surface area (Å²) >= 11 is 0. The van der Waals surface area contributed by atoms with Gasteiger partial charge < -0.3 is 9.31 Å². The molecule has 0 N–H and O–H groups in total. The highest BCUT2D eigenvalue weighted by atomic mass is 16.7. The summed E-state index contributed by atoms with van der Waals surface area (Å²) in [6.45, 7) is 10.8. The van der Waals surface area contributed by atoms with Crippen LogP contribution in [-0.4, -0.2) is 18.3 Å². The van der Waals surface area contributed by atoms with Gasteiger partial charge >= 0.3 is 7.12 Å². The van der Waals surface area contributed by atoms with E-state index in [1.54, 1.807) is 0 Å². The van der Waals surface area contributed by atoms with Gasteiger partial charge in [-0.25, -0.2) is 0 Å². The fourth-order valence-corrected chi connectivity index (χ4v) is 3.00. The summed E-state index contributed by atoms with van der Waals surface area (Å²) in [5.74, 6) is 0.319. The normalized spacial score (nSPS) is 21.0. The predicted molar refractivity (Wildman–Crippen MR) is 94.0 cm³/mol. The van der Waals surface area contributed by atoms with Gasteiger partial charge in [-0.15, -0.1) is 0 Å². The van der Waals surface area contributed by atoms with Crippen LogP contribution in [0.2, 0.25) is 0 Å². The summed E-state index contributed by atoms with van der Waals surface area (Å²) in [6, 6.07) is 10.7. The molecular formula is C19H31BO2. The Labute approximate surface area is 136 Å². The van der Waals surface area contributed by atoms with Gasteiger partial charge in [0.1, 0.15) is 0 Å². The van der Waals surface area contributed by atoms with Crippen molar-refractivity contribution in [1.82, 2.24) is 0 Å². The lowest BCUT2D eigenvalue weighted by atomic mass is 9.65. The average Bonchev–Trinajstić information content (AvgIpc) is 2.68. The molecule has 0 spiro atoms. The first-order valence-electron chi connectivity index (χ1n) is 8.78. The summed E-state index contributed by atoms with van der Waals surface area (Å²) < 4.78 is 12.6. The van der Waals surface area contributed by atoms with Crippen molar-refractivity contribution < 1.29 is 9.31 Å². The zero-order valence-corrected chi connectivity index (χ0v) is 14.9. The highest BCUT2D eigenvalue weighted by Gasteiger charge is 2.53. The van der Waals surface area contributed by atoms with Crippen molar-refractivity contribution in [3.63, 3.8) is 0 Å². The van der Waals surface area contributed by atoms with Crippen molar-refractivity contribution in [2.45, 2.75) is 83.7 Å². The highest BCUT2D eigenvalue weighted by molar-refractivity contribution is 6.47. The van der Waals surface area contributed by atoms with E-state index in [4.69, 9.17) is 9.31 Å². The number of hydrogen-bond acceptors (Lipinski definition) is 2. The number of benzene rings is 1. The van der Waals surface area contributed by atoms with E-state index in [0.717, 1.165) is 6.42 Å². The molecule has 1 aliphatic heterocycles.